The van der Waals surface area contributed by atoms with Crippen molar-refractivity contribution in [2.24, 2.45) is 16.3 Å². The van der Waals surface area contributed by atoms with Crippen molar-refractivity contribution in [3.63, 3.8) is 0 Å². The summed E-state index contributed by atoms with van der Waals surface area (Å²) in [6, 6.07) is 10.2. The molecule has 4 nitrogen and oxygen atoms in total. The van der Waals surface area contributed by atoms with Crippen LogP contribution in [-0.4, -0.2) is 43.6 Å². The second kappa shape index (κ2) is 6.66. The Morgan fingerprint density at radius 1 is 1.17 bits per heavy atom. The molecule has 1 heterocycles. The third kappa shape index (κ3) is 3.52. The summed E-state index contributed by atoms with van der Waals surface area (Å²) in [5.41, 5.74) is 0.616. The van der Waals surface area contributed by atoms with Crippen molar-refractivity contribution in [2.45, 2.75) is 44.6 Å². The Morgan fingerprint density at radius 3 is 2.46 bits per heavy atom. The van der Waals surface area contributed by atoms with Crippen LogP contribution >= 0.6 is 0 Å². The van der Waals surface area contributed by atoms with E-state index in [2.05, 4.69) is 15.2 Å². The zero-order valence-electron chi connectivity index (χ0n) is 14.7. The van der Waals surface area contributed by atoms with Crippen LogP contribution in [-0.2, 0) is 0 Å². The van der Waals surface area contributed by atoms with Gasteiger partial charge in [0.2, 0.25) is 0 Å². The first-order valence-corrected chi connectivity index (χ1v) is 9.46. The molecule has 4 heteroatoms. The van der Waals surface area contributed by atoms with Crippen LogP contribution in [0.4, 0.5) is 0 Å². The summed E-state index contributed by atoms with van der Waals surface area (Å²) in [5, 5.41) is 3.66. The molecule has 24 heavy (non-hydrogen) atoms. The van der Waals surface area contributed by atoms with Gasteiger partial charge in [0.1, 0.15) is 11.9 Å². The van der Waals surface area contributed by atoms with E-state index in [9.17, 15) is 0 Å². The van der Waals surface area contributed by atoms with E-state index in [1.54, 1.807) is 0 Å². The number of nitrogens with zero attached hydrogens (tertiary/aromatic N) is 2. The highest BCUT2D eigenvalue weighted by Gasteiger charge is 2.53. The number of ether oxygens (including phenoxy) is 1. The molecule has 2 saturated carbocycles. The van der Waals surface area contributed by atoms with E-state index < -0.39 is 0 Å². The molecule has 1 aliphatic heterocycles. The predicted octanol–water partition coefficient (Wildman–Crippen LogP) is 3.30. The number of piperidine rings is 1. The molecular formula is C20H29N3O. The zero-order chi connectivity index (χ0) is 16.4. The molecule has 3 fully saturated rings. The van der Waals surface area contributed by atoms with Crippen LogP contribution in [0.25, 0.3) is 0 Å². The fraction of sp³-hybridized carbons (Fsp3) is 0.650. The Morgan fingerprint density at radius 2 is 1.88 bits per heavy atom. The Bertz CT molecular complexity index is 570. The molecule has 1 aromatic rings. The molecule has 0 bridgehead atoms. The van der Waals surface area contributed by atoms with E-state index in [1.807, 2.05) is 37.4 Å². The van der Waals surface area contributed by atoms with Crippen molar-refractivity contribution in [3.05, 3.63) is 30.3 Å². The van der Waals surface area contributed by atoms with Crippen LogP contribution < -0.4 is 10.1 Å². The number of likely N-dealkylation sites (tertiary alicyclic amines) is 1. The first-order valence-electron chi connectivity index (χ1n) is 9.46. The molecule has 2 aliphatic carbocycles. The minimum atomic E-state index is 0.322. The molecular weight excluding hydrogens is 298 g/mol. The molecule has 0 spiro atoms. The molecule has 1 aromatic carbocycles. The summed E-state index contributed by atoms with van der Waals surface area (Å²) in [7, 11) is 1.91. The van der Waals surface area contributed by atoms with E-state index >= 15 is 0 Å². The van der Waals surface area contributed by atoms with Gasteiger partial charge in [0, 0.05) is 39.5 Å². The van der Waals surface area contributed by atoms with Gasteiger partial charge in [-0.3, -0.25) is 4.99 Å². The van der Waals surface area contributed by atoms with Crippen molar-refractivity contribution < 1.29 is 4.74 Å². The SMILES string of the molecule is CN=C(NCC1(C2CC2)CC1)N1CCC(Oc2ccccc2)CC1. The lowest BCUT2D eigenvalue weighted by Gasteiger charge is -2.35. The second-order valence-electron chi connectivity index (χ2n) is 7.65. The van der Waals surface area contributed by atoms with Crippen LogP contribution in [0.2, 0.25) is 0 Å². The van der Waals surface area contributed by atoms with Gasteiger partial charge in [0.25, 0.3) is 0 Å². The Labute approximate surface area is 145 Å². The van der Waals surface area contributed by atoms with Crippen molar-refractivity contribution in [3.8, 4) is 5.75 Å². The van der Waals surface area contributed by atoms with Crippen LogP contribution in [0.15, 0.2) is 35.3 Å². The normalized spacial score (nSPS) is 23.9. The summed E-state index contributed by atoms with van der Waals surface area (Å²) in [6.45, 7) is 3.16. The molecule has 0 atom stereocenters. The van der Waals surface area contributed by atoms with Crippen LogP contribution in [0.1, 0.15) is 38.5 Å². The lowest BCUT2D eigenvalue weighted by molar-refractivity contribution is 0.129. The molecule has 0 aromatic heterocycles. The van der Waals surface area contributed by atoms with E-state index in [4.69, 9.17) is 4.74 Å². The van der Waals surface area contributed by atoms with E-state index in [0.29, 0.717) is 11.5 Å². The average Bonchev–Trinajstić information content (AvgIpc) is 3.51. The highest BCUT2D eigenvalue weighted by molar-refractivity contribution is 5.80. The molecule has 3 aliphatic rings. The van der Waals surface area contributed by atoms with Gasteiger partial charge in [0.05, 0.1) is 0 Å². The number of nitrogens with one attached hydrogen (secondary N) is 1. The van der Waals surface area contributed by atoms with Gasteiger partial charge in [-0.05, 0) is 49.1 Å². The summed E-state index contributed by atoms with van der Waals surface area (Å²) >= 11 is 0. The molecule has 0 radical (unpaired) electrons. The highest BCUT2D eigenvalue weighted by Crippen LogP contribution is 2.60. The van der Waals surface area contributed by atoms with Crippen LogP contribution in [0.3, 0.4) is 0 Å². The van der Waals surface area contributed by atoms with Crippen molar-refractivity contribution >= 4 is 5.96 Å². The van der Waals surface area contributed by atoms with Gasteiger partial charge in [-0.2, -0.15) is 0 Å². The summed E-state index contributed by atoms with van der Waals surface area (Å²) in [4.78, 5) is 6.92. The van der Waals surface area contributed by atoms with Crippen molar-refractivity contribution in [1.29, 1.82) is 0 Å². The molecule has 0 amide bonds. The molecule has 130 valence electrons. The van der Waals surface area contributed by atoms with Gasteiger partial charge < -0.3 is 15.0 Å². The maximum absolute atomic E-state index is 6.09. The van der Waals surface area contributed by atoms with Crippen molar-refractivity contribution in [1.82, 2.24) is 10.2 Å². The molecule has 1 N–H and O–H groups in total. The van der Waals surface area contributed by atoms with Crippen LogP contribution in [0, 0.1) is 11.3 Å². The third-order valence-corrected chi connectivity index (χ3v) is 5.93. The Hall–Kier alpha value is -1.71. The summed E-state index contributed by atoms with van der Waals surface area (Å²) < 4.78 is 6.09. The van der Waals surface area contributed by atoms with Gasteiger partial charge in [0.15, 0.2) is 5.96 Å². The fourth-order valence-corrected chi connectivity index (χ4v) is 4.05. The number of benzene rings is 1. The van der Waals surface area contributed by atoms with Gasteiger partial charge in [-0.25, -0.2) is 0 Å². The fourth-order valence-electron chi connectivity index (χ4n) is 4.05. The molecule has 1 saturated heterocycles. The van der Waals surface area contributed by atoms with E-state index in [0.717, 1.165) is 50.1 Å². The van der Waals surface area contributed by atoms with Crippen molar-refractivity contribution in [2.75, 3.05) is 26.7 Å². The summed E-state index contributed by atoms with van der Waals surface area (Å²) in [5.74, 6) is 3.06. The molecule has 4 rings (SSSR count). The summed E-state index contributed by atoms with van der Waals surface area (Å²) in [6.07, 6.45) is 8.16. The van der Waals surface area contributed by atoms with Gasteiger partial charge in [-0.15, -0.1) is 0 Å². The monoisotopic (exact) mass is 327 g/mol. The first kappa shape index (κ1) is 15.8. The third-order valence-electron chi connectivity index (χ3n) is 5.93. The molecule has 0 unspecified atom stereocenters. The number of guanidine groups is 1. The van der Waals surface area contributed by atoms with E-state index in [-0.39, 0.29) is 0 Å². The quantitative estimate of drug-likeness (QED) is 0.666. The number of para-hydroxylation sites is 1. The number of rotatable bonds is 5. The number of aliphatic imine (C=N–C) groups is 1. The highest BCUT2D eigenvalue weighted by atomic mass is 16.5. The lowest BCUT2D eigenvalue weighted by atomic mass is 10.0. The Kier molecular flexibility index (Phi) is 4.38. The predicted molar refractivity (Wildman–Crippen MR) is 97.4 cm³/mol. The Balaban J connectivity index is 1.25. The van der Waals surface area contributed by atoms with Crippen LogP contribution in [0.5, 0.6) is 5.75 Å². The largest absolute Gasteiger partial charge is 0.490 e. The topological polar surface area (TPSA) is 36.9 Å². The maximum Gasteiger partial charge on any atom is 0.193 e. The lowest BCUT2D eigenvalue weighted by Crippen LogP contribution is -2.48. The first-order chi connectivity index (χ1) is 11.8. The smallest absolute Gasteiger partial charge is 0.193 e. The van der Waals surface area contributed by atoms with Gasteiger partial charge >= 0.3 is 0 Å². The zero-order valence-corrected chi connectivity index (χ0v) is 14.7. The van der Waals surface area contributed by atoms with E-state index in [1.165, 1.54) is 25.7 Å². The maximum atomic E-state index is 6.09. The minimum absolute atomic E-state index is 0.322. The average molecular weight is 327 g/mol. The standard InChI is InChI=1S/C20H29N3O/c1-21-19(22-15-20(11-12-20)16-7-8-16)23-13-9-18(10-14-23)24-17-5-3-2-4-6-17/h2-6,16,18H,7-15H2,1H3,(H,21,22). The minimum Gasteiger partial charge on any atom is -0.490 e. The number of hydrogen-bond donors (Lipinski definition) is 1. The van der Waals surface area contributed by atoms with Gasteiger partial charge in [-0.1, -0.05) is 18.2 Å². The number of hydrogen-bond acceptors (Lipinski definition) is 2. The second-order valence-corrected chi connectivity index (χ2v) is 7.65.